The number of allylic oxidation sites excluding steroid dienone is 12. The number of amides is 2. The molecular formula is C49H79N5O16S. The van der Waals surface area contributed by atoms with Crippen LogP contribution in [0, 0.1) is 11.8 Å². The molecular weight excluding hydrogens is 947 g/mol. The highest BCUT2D eigenvalue weighted by molar-refractivity contribution is 7.80. The lowest BCUT2D eigenvalue weighted by Gasteiger charge is -2.46. The van der Waals surface area contributed by atoms with Gasteiger partial charge in [0.15, 0.2) is 17.2 Å². The Morgan fingerprint density at radius 2 is 1.30 bits per heavy atom. The van der Waals surface area contributed by atoms with Gasteiger partial charge in [0.2, 0.25) is 0 Å². The van der Waals surface area contributed by atoms with Crippen LogP contribution in [-0.2, 0) is 23.7 Å². The predicted molar refractivity (Wildman–Crippen MR) is 266 cm³/mol. The highest BCUT2D eigenvalue weighted by atomic mass is 32.1. The van der Waals surface area contributed by atoms with Gasteiger partial charge in [-0.2, -0.15) is 0 Å². The summed E-state index contributed by atoms with van der Waals surface area (Å²) in [6.07, 6.45) is 4.33. The summed E-state index contributed by atoms with van der Waals surface area (Å²) in [5, 5.41) is 115. The van der Waals surface area contributed by atoms with E-state index in [2.05, 4.69) is 21.5 Å². The second-order valence-corrected chi connectivity index (χ2v) is 18.9. The highest BCUT2D eigenvalue weighted by Crippen LogP contribution is 2.35. The van der Waals surface area contributed by atoms with E-state index in [0.29, 0.717) is 0 Å². The Kier molecular flexibility index (Phi) is 26.7. The first-order chi connectivity index (χ1) is 33.5. The fraction of sp³-hybridized carbons (Fsp3) is 0.653. The number of cyclic esters (lactones) is 1. The first kappa shape index (κ1) is 61.4. The zero-order valence-corrected chi connectivity index (χ0v) is 41.9. The van der Waals surface area contributed by atoms with Gasteiger partial charge in [-0.05, 0) is 45.3 Å². The summed E-state index contributed by atoms with van der Waals surface area (Å²) in [6.45, 7) is 6.77. The molecule has 16 N–H and O–H groups in total. The Bertz CT molecular complexity index is 1850. The van der Waals surface area contributed by atoms with Crippen molar-refractivity contribution in [2.75, 3.05) is 7.05 Å². The fourth-order valence-electron chi connectivity index (χ4n) is 8.20. The van der Waals surface area contributed by atoms with Crippen LogP contribution >= 0.6 is 12.2 Å². The van der Waals surface area contributed by atoms with Crippen molar-refractivity contribution in [2.24, 2.45) is 17.6 Å². The number of nitrogens with two attached hydrogens (primary N) is 1. The molecule has 0 aromatic carbocycles. The van der Waals surface area contributed by atoms with Crippen molar-refractivity contribution in [3.05, 3.63) is 85.1 Å². The van der Waals surface area contributed by atoms with Crippen molar-refractivity contribution in [1.82, 2.24) is 21.5 Å². The van der Waals surface area contributed by atoms with Gasteiger partial charge in [0, 0.05) is 44.6 Å². The Morgan fingerprint density at radius 3 is 1.90 bits per heavy atom. The van der Waals surface area contributed by atoms with Crippen molar-refractivity contribution >= 4 is 29.3 Å². The number of carbonyl (C=O) groups is 2. The largest absolute Gasteiger partial charge is 0.462 e. The number of aliphatic hydroxyl groups excluding tert-OH is 9. The summed E-state index contributed by atoms with van der Waals surface area (Å²) in [5.74, 6) is -3.76. The molecule has 22 heteroatoms. The van der Waals surface area contributed by atoms with Crippen LogP contribution in [0.1, 0.15) is 79.1 Å². The van der Waals surface area contributed by atoms with Crippen LogP contribution in [0.15, 0.2) is 85.1 Å². The molecule has 2 fully saturated rings. The Morgan fingerprint density at radius 1 is 0.704 bits per heavy atom. The molecule has 2 saturated heterocycles. The van der Waals surface area contributed by atoms with Crippen LogP contribution in [0.25, 0.3) is 0 Å². The van der Waals surface area contributed by atoms with E-state index in [1.807, 2.05) is 37.3 Å². The first-order valence-electron chi connectivity index (χ1n) is 24.0. The van der Waals surface area contributed by atoms with Crippen molar-refractivity contribution in [3.8, 4) is 0 Å². The Balaban J connectivity index is 1.93. The van der Waals surface area contributed by atoms with E-state index < -0.39 is 147 Å². The van der Waals surface area contributed by atoms with E-state index >= 15 is 0 Å². The van der Waals surface area contributed by atoms with Gasteiger partial charge in [-0.25, -0.2) is 10.2 Å². The number of nitrogens with one attached hydrogen (secondary N) is 4. The Hall–Kier alpha value is -3.95. The molecule has 0 radical (unpaired) electrons. The average Bonchev–Trinajstić information content (AvgIpc) is 3.30. The fourth-order valence-corrected chi connectivity index (χ4v) is 8.25. The smallest absolute Gasteiger partial charge is 0.333 e. The van der Waals surface area contributed by atoms with Gasteiger partial charge in [-0.15, -0.1) is 0 Å². The molecule has 2 amide bonds. The molecule has 3 aliphatic heterocycles. The van der Waals surface area contributed by atoms with Crippen LogP contribution in [0.5, 0.6) is 0 Å². The molecule has 71 heavy (non-hydrogen) atoms. The van der Waals surface area contributed by atoms with E-state index in [4.69, 9.17) is 36.9 Å². The van der Waals surface area contributed by atoms with Crippen LogP contribution in [0.3, 0.4) is 0 Å². The second kappa shape index (κ2) is 30.9. The van der Waals surface area contributed by atoms with Gasteiger partial charge >= 0.3 is 12.0 Å². The van der Waals surface area contributed by atoms with Crippen molar-refractivity contribution in [3.63, 3.8) is 0 Å². The molecule has 0 spiro atoms. The van der Waals surface area contributed by atoms with E-state index in [1.165, 1.54) is 7.05 Å². The summed E-state index contributed by atoms with van der Waals surface area (Å²) in [4.78, 5) is 25.7. The summed E-state index contributed by atoms with van der Waals surface area (Å²) in [5.41, 5.74) is 10.9. The van der Waals surface area contributed by atoms with Gasteiger partial charge in [0.05, 0.1) is 85.6 Å². The minimum atomic E-state index is -2.29. The molecule has 0 aromatic rings. The lowest BCUT2D eigenvalue weighted by molar-refractivity contribution is -0.303. The van der Waals surface area contributed by atoms with E-state index in [-0.39, 0.29) is 36.7 Å². The summed E-state index contributed by atoms with van der Waals surface area (Å²) < 4.78 is 23.7. The summed E-state index contributed by atoms with van der Waals surface area (Å²) in [6, 6.07) is -3.24. The first-order valence-corrected chi connectivity index (χ1v) is 24.5. The number of aliphatic hydroxyl groups is 10. The molecule has 3 aliphatic rings. The van der Waals surface area contributed by atoms with E-state index in [1.54, 1.807) is 75.5 Å². The number of hydrazine groups is 1. The number of fused-ring (bicyclic) bond motifs is 2. The molecule has 21 nitrogen and oxygen atoms in total. The number of rotatable bonds is 3. The molecule has 3 rings (SSSR count). The van der Waals surface area contributed by atoms with Gasteiger partial charge in [-0.3, -0.25) is 10.2 Å². The topological polar surface area (TPSA) is 348 Å². The van der Waals surface area contributed by atoms with Crippen molar-refractivity contribution in [2.45, 2.75) is 183 Å². The number of carbonyl (C=O) groups excluding carboxylic acids is 2. The monoisotopic (exact) mass is 1030 g/mol. The quantitative estimate of drug-likeness (QED) is 0.0979. The molecule has 19 atom stereocenters. The SMILES string of the molecule is CNC(=S)NNC(=O)N[C@H]1[C@@H]2C[C@@H](O[C@@H]3O[C@H](C)[C@@H](O)[C@H](N)[C@@H]3O)/C=C/C=C/C=C/C=C/C=C/C=C/C=C/[C@H](C)[C@@H](O)[C@@H](C)[C@H](C)OC(=O)C[C@H](O)C[C@H](O)CC[C@@H](O)[C@H](O)C[C@H](O)C[C@](O)(C[C@@H]1O)O2. The van der Waals surface area contributed by atoms with E-state index in [9.17, 15) is 60.7 Å². The Labute approximate surface area is 421 Å². The number of urea groups is 1. The molecule has 0 unspecified atom stereocenters. The molecule has 0 saturated carbocycles. The average molecular weight is 1030 g/mol. The summed E-state index contributed by atoms with van der Waals surface area (Å²) in [7, 11) is 1.52. The van der Waals surface area contributed by atoms with Crippen LogP contribution < -0.4 is 27.2 Å². The maximum Gasteiger partial charge on any atom is 0.333 e. The minimum absolute atomic E-state index is 0.0691. The van der Waals surface area contributed by atoms with Crippen LogP contribution in [0.2, 0.25) is 0 Å². The predicted octanol–water partition coefficient (Wildman–Crippen LogP) is -0.312. The number of hydrogen-bond acceptors (Lipinski definition) is 18. The van der Waals surface area contributed by atoms with Gasteiger partial charge in [0.25, 0.3) is 0 Å². The van der Waals surface area contributed by atoms with E-state index in [0.717, 1.165) is 0 Å². The lowest BCUT2D eigenvalue weighted by atomic mass is 9.87. The van der Waals surface area contributed by atoms with Gasteiger partial charge < -0.3 is 86.4 Å². The normalized spacial score (nSPS) is 42.4. The zero-order chi connectivity index (χ0) is 52.8. The minimum Gasteiger partial charge on any atom is -0.462 e. The van der Waals surface area contributed by atoms with Crippen molar-refractivity contribution in [1.29, 1.82) is 0 Å². The molecule has 402 valence electrons. The number of esters is 1. The molecule has 0 aliphatic carbocycles. The molecule has 0 aromatic heterocycles. The highest BCUT2D eigenvalue weighted by Gasteiger charge is 2.49. The third-order valence-electron chi connectivity index (χ3n) is 12.6. The lowest BCUT2D eigenvalue weighted by Crippen LogP contribution is -2.64. The third-order valence-corrected chi connectivity index (χ3v) is 12.9. The summed E-state index contributed by atoms with van der Waals surface area (Å²) >= 11 is 5.02. The number of ether oxygens (including phenoxy) is 4. The maximum absolute atomic E-state index is 13.1. The van der Waals surface area contributed by atoms with Crippen LogP contribution in [0.4, 0.5) is 4.79 Å². The standard InChI is InChI=1S/C49H79N5O16S/c1-28-18-16-14-12-10-8-6-7-9-11-13-15-17-19-35(69-46-45(64)41(50)44(63)31(4)68-46)25-39-42(52-47(65)53-54-48(71)51-5)38(60)27-49(66,70-39)26-34(57)23-37(59)36(58)21-20-32(55)22-33(56)24-40(61)67-30(3)29(2)43(28)62/h6-19,28-39,41-46,55-60,62-64,66H,20-27,50H2,1-5H3,(H2,51,54,71)(H2,52,53,65)/b7-6+,10-8+,11-9+,14-12+,15-13+,18-16+,19-17+/t28-,29-,30-,31+,32+,33+,34-,35-,36+,37+,38-,39-,41-,42+,43+,44+,45-,46-,49+/m0/s1. The van der Waals surface area contributed by atoms with Crippen molar-refractivity contribution < 1.29 is 79.6 Å². The van der Waals surface area contributed by atoms with Crippen LogP contribution in [-0.4, -0.2) is 179 Å². The maximum atomic E-state index is 13.1. The zero-order valence-electron chi connectivity index (χ0n) is 41.0. The van der Waals surface area contributed by atoms with Gasteiger partial charge in [0.1, 0.15) is 12.2 Å². The molecule has 3 heterocycles. The third kappa shape index (κ3) is 21.6. The number of thiocarbonyl (C=S) groups is 1. The second-order valence-electron chi connectivity index (χ2n) is 18.5. The van der Waals surface area contributed by atoms with Gasteiger partial charge in [-0.1, -0.05) is 98.9 Å². The molecule has 2 bridgehead atoms. The number of hydrogen-bond donors (Lipinski definition) is 15.